The number of rotatable bonds is 5. The second kappa shape index (κ2) is 5.66. The molecule has 0 aliphatic carbocycles. The van der Waals surface area contributed by atoms with Crippen LogP contribution in [0.15, 0.2) is 5.16 Å². The number of hydrogen-bond acceptors (Lipinski definition) is 7. The molecule has 0 saturated carbocycles. The van der Waals surface area contributed by atoms with Crippen molar-refractivity contribution in [2.75, 3.05) is 12.9 Å². The van der Waals surface area contributed by atoms with Crippen LogP contribution < -0.4 is 5.73 Å². The summed E-state index contributed by atoms with van der Waals surface area (Å²) in [6.07, 6.45) is 0.532. The lowest BCUT2D eigenvalue weighted by Gasteiger charge is -2.07. The van der Waals surface area contributed by atoms with Crippen molar-refractivity contribution >= 4 is 17.7 Å². The van der Waals surface area contributed by atoms with Crippen LogP contribution in [0.4, 0.5) is 0 Å². The van der Waals surface area contributed by atoms with Crippen molar-refractivity contribution in [2.45, 2.75) is 17.6 Å². The highest BCUT2D eigenvalue weighted by molar-refractivity contribution is 7.99. The van der Waals surface area contributed by atoms with E-state index >= 15 is 0 Å². The minimum atomic E-state index is -0.580. The minimum Gasteiger partial charge on any atom is -0.468 e. The second-order valence-corrected chi connectivity index (χ2v) is 3.91. The molecule has 8 heteroatoms. The summed E-state index contributed by atoms with van der Waals surface area (Å²) >= 11 is 1.45. The van der Waals surface area contributed by atoms with Crippen molar-refractivity contribution in [3.8, 4) is 0 Å². The first kappa shape index (κ1) is 11.9. The molecule has 2 N–H and O–H groups in total. The van der Waals surface area contributed by atoms with Gasteiger partial charge in [-0.3, -0.25) is 4.79 Å². The molecule has 0 aliphatic heterocycles. The molecule has 1 rings (SSSR count). The van der Waals surface area contributed by atoms with Crippen molar-refractivity contribution in [3.05, 3.63) is 0 Å². The zero-order valence-corrected chi connectivity index (χ0v) is 9.40. The van der Waals surface area contributed by atoms with Crippen molar-refractivity contribution in [1.82, 2.24) is 20.2 Å². The van der Waals surface area contributed by atoms with Crippen LogP contribution in [0.2, 0.25) is 0 Å². The number of methoxy groups -OCH3 is 1. The molecule has 1 atom stereocenters. The molecule has 0 spiro atoms. The van der Waals surface area contributed by atoms with Gasteiger partial charge in [0, 0.05) is 12.8 Å². The van der Waals surface area contributed by atoms with Crippen molar-refractivity contribution in [2.24, 2.45) is 12.8 Å². The van der Waals surface area contributed by atoms with E-state index < -0.39 is 12.0 Å². The number of nitrogens with zero attached hydrogens (tertiary/aromatic N) is 4. The first-order valence-corrected chi connectivity index (χ1v) is 5.32. The third-order valence-corrected chi connectivity index (χ3v) is 2.79. The van der Waals surface area contributed by atoms with E-state index in [1.54, 1.807) is 11.7 Å². The van der Waals surface area contributed by atoms with Gasteiger partial charge in [-0.05, 0) is 16.8 Å². The summed E-state index contributed by atoms with van der Waals surface area (Å²) in [4.78, 5) is 11.0. The molecule has 0 aliphatic rings. The number of thioether (sulfide) groups is 1. The van der Waals surface area contributed by atoms with Gasteiger partial charge in [0.2, 0.25) is 5.16 Å². The highest BCUT2D eigenvalue weighted by Crippen LogP contribution is 2.14. The maximum Gasteiger partial charge on any atom is 0.322 e. The summed E-state index contributed by atoms with van der Waals surface area (Å²) < 4.78 is 6.07. The van der Waals surface area contributed by atoms with Crippen molar-refractivity contribution in [3.63, 3.8) is 0 Å². The normalized spacial score (nSPS) is 12.5. The number of aryl methyl sites for hydroxylation is 1. The van der Waals surface area contributed by atoms with E-state index in [1.165, 1.54) is 18.9 Å². The zero-order chi connectivity index (χ0) is 11.3. The topological polar surface area (TPSA) is 95.9 Å². The van der Waals surface area contributed by atoms with E-state index in [0.717, 1.165) is 0 Å². The van der Waals surface area contributed by atoms with E-state index in [1.807, 2.05) is 0 Å². The largest absolute Gasteiger partial charge is 0.468 e. The van der Waals surface area contributed by atoms with E-state index in [4.69, 9.17) is 5.73 Å². The van der Waals surface area contributed by atoms with Gasteiger partial charge in [0.15, 0.2) is 0 Å². The Morgan fingerprint density at radius 2 is 2.47 bits per heavy atom. The van der Waals surface area contributed by atoms with Crippen LogP contribution in [0, 0.1) is 0 Å². The monoisotopic (exact) mass is 231 g/mol. The smallest absolute Gasteiger partial charge is 0.322 e. The Balaban J connectivity index is 2.28. The molecule has 1 heterocycles. The molecule has 84 valence electrons. The van der Waals surface area contributed by atoms with Gasteiger partial charge in [-0.15, -0.1) is 5.10 Å². The number of aromatic nitrogens is 4. The van der Waals surface area contributed by atoms with Crippen molar-refractivity contribution in [1.29, 1.82) is 0 Å². The molecule has 0 radical (unpaired) electrons. The Bertz CT molecular complexity index is 329. The third-order valence-electron chi connectivity index (χ3n) is 1.75. The van der Waals surface area contributed by atoms with E-state index in [9.17, 15) is 4.79 Å². The Morgan fingerprint density at radius 3 is 3.00 bits per heavy atom. The van der Waals surface area contributed by atoms with Gasteiger partial charge < -0.3 is 10.5 Å². The Morgan fingerprint density at radius 1 is 1.73 bits per heavy atom. The SMILES string of the molecule is COC(=O)C(N)CCSc1nnnn1C. The fourth-order valence-corrected chi connectivity index (χ4v) is 1.76. The van der Waals surface area contributed by atoms with Crippen LogP contribution in [0.1, 0.15) is 6.42 Å². The van der Waals surface area contributed by atoms with Crippen molar-refractivity contribution < 1.29 is 9.53 Å². The molecular weight excluding hydrogens is 218 g/mol. The second-order valence-electron chi connectivity index (χ2n) is 2.85. The third kappa shape index (κ3) is 3.48. The van der Waals surface area contributed by atoms with Gasteiger partial charge >= 0.3 is 5.97 Å². The lowest BCUT2D eigenvalue weighted by atomic mass is 10.2. The number of carbonyl (C=O) groups is 1. The highest BCUT2D eigenvalue weighted by Gasteiger charge is 2.13. The summed E-state index contributed by atoms with van der Waals surface area (Å²) in [6, 6.07) is -0.580. The lowest BCUT2D eigenvalue weighted by molar-refractivity contribution is -0.142. The first-order chi connectivity index (χ1) is 7.15. The van der Waals surface area contributed by atoms with Gasteiger partial charge in [0.25, 0.3) is 0 Å². The fraction of sp³-hybridized carbons (Fsp3) is 0.714. The van der Waals surface area contributed by atoms with Gasteiger partial charge in [0.1, 0.15) is 6.04 Å². The lowest BCUT2D eigenvalue weighted by Crippen LogP contribution is -2.32. The average molecular weight is 231 g/mol. The number of ether oxygens (including phenoxy) is 1. The zero-order valence-electron chi connectivity index (χ0n) is 8.58. The van der Waals surface area contributed by atoms with Crippen LogP contribution in [0.5, 0.6) is 0 Å². The van der Waals surface area contributed by atoms with E-state index in [0.29, 0.717) is 17.3 Å². The number of esters is 1. The molecule has 15 heavy (non-hydrogen) atoms. The Kier molecular flexibility index (Phi) is 4.50. The quantitative estimate of drug-likeness (QED) is 0.523. The van der Waals surface area contributed by atoms with Gasteiger partial charge in [-0.25, -0.2) is 4.68 Å². The van der Waals surface area contributed by atoms with Crippen LogP contribution in [-0.4, -0.2) is 45.1 Å². The number of hydrogen-bond donors (Lipinski definition) is 1. The van der Waals surface area contributed by atoms with Crippen LogP contribution in [0.3, 0.4) is 0 Å². The molecule has 1 unspecified atom stereocenters. The molecule has 0 amide bonds. The fourth-order valence-electron chi connectivity index (χ4n) is 0.890. The summed E-state index contributed by atoms with van der Waals surface area (Å²) in [6.45, 7) is 0. The van der Waals surface area contributed by atoms with Crippen LogP contribution in [0.25, 0.3) is 0 Å². The van der Waals surface area contributed by atoms with Gasteiger partial charge in [-0.1, -0.05) is 11.8 Å². The number of carbonyl (C=O) groups excluding carboxylic acids is 1. The molecule has 0 saturated heterocycles. The number of nitrogens with two attached hydrogens (primary N) is 1. The average Bonchev–Trinajstić information content (AvgIpc) is 2.63. The highest BCUT2D eigenvalue weighted by atomic mass is 32.2. The summed E-state index contributed by atoms with van der Waals surface area (Å²) in [5, 5.41) is 11.7. The number of tetrazole rings is 1. The molecule has 1 aromatic rings. The summed E-state index contributed by atoms with van der Waals surface area (Å²) in [7, 11) is 3.07. The predicted molar refractivity (Wildman–Crippen MR) is 54.1 cm³/mol. The Hall–Kier alpha value is -1.15. The van der Waals surface area contributed by atoms with E-state index in [-0.39, 0.29) is 0 Å². The molecule has 7 nitrogen and oxygen atoms in total. The molecule has 0 aromatic carbocycles. The van der Waals surface area contributed by atoms with E-state index in [2.05, 4.69) is 20.3 Å². The maximum atomic E-state index is 11.0. The molecule has 0 fully saturated rings. The standard InChI is InChI=1S/C7H13N5O2S/c1-12-7(9-10-11-12)15-4-3-5(8)6(13)14-2/h5H,3-4,8H2,1-2H3. The van der Waals surface area contributed by atoms with Gasteiger partial charge in [0.05, 0.1) is 7.11 Å². The molecule has 1 aromatic heterocycles. The summed E-state index contributed by atoms with van der Waals surface area (Å²) in [5.74, 6) is 0.275. The van der Waals surface area contributed by atoms with Crippen LogP contribution >= 0.6 is 11.8 Å². The maximum absolute atomic E-state index is 11.0. The summed E-state index contributed by atoms with van der Waals surface area (Å²) in [5.41, 5.74) is 5.56. The van der Waals surface area contributed by atoms with Gasteiger partial charge in [-0.2, -0.15) is 0 Å². The first-order valence-electron chi connectivity index (χ1n) is 4.33. The molecule has 0 bridgehead atoms. The minimum absolute atomic E-state index is 0.397. The molecular formula is C7H13N5O2S. The predicted octanol–water partition coefficient (Wildman–Crippen LogP) is -0.807. The Labute approximate surface area is 91.3 Å². The van der Waals surface area contributed by atoms with Crippen LogP contribution in [-0.2, 0) is 16.6 Å².